The van der Waals surface area contributed by atoms with Crippen LogP contribution in [0.25, 0.3) is 11.3 Å². The van der Waals surface area contributed by atoms with Crippen LogP contribution in [-0.2, 0) is 24.3 Å². The highest BCUT2D eigenvalue weighted by molar-refractivity contribution is 5.76. The van der Waals surface area contributed by atoms with Gasteiger partial charge in [-0.25, -0.2) is 4.98 Å². The molecule has 0 saturated heterocycles. The Morgan fingerprint density at radius 3 is 1.87 bits per heavy atom. The molecule has 0 aliphatic carbocycles. The van der Waals surface area contributed by atoms with Gasteiger partial charge in [-0.15, -0.1) is 0 Å². The predicted molar refractivity (Wildman–Crippen MR) is 122 cm³/mol. The molecule has 1 heterocycles. The Hall–Kier alpha value is -3.66. The standard InChI is InChI=1S/C27H26N2O2/c1-21-27(24-15-9-4-10-16-24)31-25(28-21)17-18-26(30)29(19-22-11-5-2-6-12-22)20-23-13-7-3-8-14-23/h2-16H,17-20H2,1H3. The van der Waals surface area contributed by atoms with Crippen LogP contribution in [0.15, 0.2) is 95.4 Å². The molecule has 0 fully saturated rings. The lowest BCUT2D eigenvalue weighted by molar-refractivity contribution is -0.132. The molecule has 4 heteroatoms. The van der Waals surface area contributed by atoms with E-state index < -0.39 is 0 Å². The summed E-state index contributed by atoms with van der Waals surface area (Å²) in [6.07, 6.45) is 0.834. The number of hydrogen-bond donors (Lipinski definition) is 0. The van der Waals surface area contributed by atoms with Crippen LogP contribution in [0.2, 0.25) is 0 Å². The zero-order valence-electron chi connectivity index (χ0n) is 17.7. The smallest absolute Gasteiger partial charge is 0.223 e. The van der Waals surface area contributed by atoms with Crippen LogP contribution in [0.5, 0.6) is 0 Å². The molecule has 4 nitrogen and oxygen atoms in total. The van der Waals surface area contributed by atoms with Crippen LogP contribution in [0.4, 0.5) is 0 Å². The molecular formula is C27H26N2O2. The molecule has 0 spiro atoms. The lowest BCUT2D eigenvalue weighted by Gasteiger charge is -2.23. The van der Waals surface area contributed by atoms with Crippen molar-refractivity contribution in [1.82, 2.24) is 9.88 Å². The Bertz CT molecular complexity index is 1060. The van der Waals surface area contributed by atoms with Crippen LogP contribution in [-0.4, -0.2) is 15.8 Å². The summed E-state index contributed by atoms with van der Waals surface area (Å²) in [5.41, 5.74) is 4.08. The predicted octanol–water partition coefficient (Wildman–Crippen LogP) is 5.81. The zero-order valence-corrected chi connectivity index (χ0v) is 17.7. The summed E-state index contributed by atoms with van der Waals surface area (Å²) >= 11 is 0. The quantitative estimate of drug-likeness (QED) is 0.368. The minimum absolute atomic E-state index is 0.0878. The molecule has 1 amide bonds. The highest BCUT2D eigenvalue weighted by Crippen LogP contribution is 2.25. The molecule has 156 valence electrons. The molecule has 1 aromatic heterocycles. The Morgan fingerprint density at radius 2 is 1.32 bits per heavy atom. The fraction of sp³-hybridized carbons (Fsp3) is 0.185. The molecule has 0 atom stereocenters. The summed E-state index contributed by atoms with van der Waals surface area (Å²) in [5.74, 6) is 1.46. The van der Waals surface area contributed by atoms with Crippen molar-refractivity contribution in [1.29, 1.82) is 0 Å². The van der Waals surface area contributed by atoms with Crippen LogP contribution in [0, 0.1) is 6.92 Å². The maximum atomic E-state index is 13.1. The number of hydrogen-bond acceptors (Lipinski definition) is 3. The van der Waals surface area contributed by atoms with Gasteiger partial charge in [-0.05, 0) is 18.1 Å². The van der Waals surface area contributed by atoms with Crippen molar-refractivity contribution >= 4 is 5.91 Å². The van der Waals surface area contributed by atoms with Gasteiger partial charge in [0.2, 0.25) is 5.91 Å². The van der Waals surface area contributed by atoms with Gasteiger partial charge in [-0.1, -0.05) is 91.0 Å². The number of rotatable bonds is 8. The first-order valence-corrected chi connectivity index (χ1v) is 10.6. The first-order valence-electron chi connectivity index (χ1n) is 10.6. The van der Waals surface area contributed by atoms with Gasteiger partial charge < -0.3 is 9.32 Å². The van der Waals surface area contributed by atoms with E-state index in [0.717, 1.165) is 28.1 Å². The summed E-state index contributed by atoms with van der Waals surface area (Å²) < 4.78 is 5.99. The second-order valence-corrected chi connectivity index (χ2v) is 7.61. The number of aryl methyl sites for hydroxylation is 2. The molecule has 0 radical (unpaired) electrons. The van der Waals surface area contributed by atoms with Crippen molar-refractivity contribution in [3.8, 4) is 11.3 Å². The van der Waals surface area contributed by atoms with Gasteiger partial charge >= 0.3 is 0 Å². The summed E-state index contributed by atoms with van der Waals surface area (Å²) in [6, 6.07) is 30.1. The van der Waals surface area contributed by atoms with E-state index in [1.165, 1.54) is 0 Å². The highest BCUT2D eigenvalue weighted by atomic mass is 16.4. The zero-order chi connectivity index (χ0) is 21.5. The monoisotopic (exact) mass is 410 g/mol. The summed E-state index contributed by atoms with van der Waals surface area (Å²) in [7, 11) is 0. The Balaban J connectivity index is 1.46. The molecule has 0 bridgehead atoms. The minimum Gasteiger partial charge on any atom is -0.440 e. The van der Waals surface area contributed by atoms with E-state index >= 15 is 0 Å². The molecule has 0 saturated carbocycles. The van der Waals surface area contributed by atoms with E-state index in [1.54, 1.807) is 0 Å². The summed E-state index contributed by atoms with van der Waals surface area (Å²) in [5, 5.41) is 0. The van der Waals surface area contributed by atoms with Gasteiger partial charge in [0.05, 0.1) is 5.69 Å². The molecule has 4 rings (SSSR count). The van der Waals surface area contributed by atoms with E-state index in [2.05, 4.69) is 29.2 Å². The fourth-order valence-corrected chi connectivity index (χ4v) is 3.63. The number of oxazole rings is 1. The Morgan fingerprint density at radius 1 is 0.806 bits per heavy atom. The number of nitrogens with zero attached hydrogens (tertiary/aromatic N) is 2. The van der Waals surface area contributed by atoms with E-state index in [1.807, 2.05) is 78.6 Å². The number of aromatic nitrogens is 1. The molecule has 0 N–H and O–H groups in total. The van der Waals surface area contributed by atoms with E-state index in [0.29, 0.717) is 31.8 Å². The van der Waals surface area contributed by atoms with Gasteiger partial charge in [-0.3, -0.25) is 4.79 Å². The third-order valence-electron chi connectivity index (χ3n) is 5.21. The molecule has 0 aliphatic rings. The third kappa shape index (κ3) is 5.48. The Labute approximate surface area is 183 Å². The third-order valence-corrected chi connectivity index (χ3v) is 5.21. The molecular weight excluding hydrogens is 384 g/mol. The van der Waals surface area contributed by atoms with Gasteiger partial charge in [0.1, 0.15) is 0 Å². The van der Waals surface area contributed by atoms with E-state index in [4.69, 9.17) is 4.42 Å². The van der Waals surface area contributed by atoms with Crippen LogP contribution >= 0.6 is 0 Å². The number of benzene rings is 3. The lowest BCUT2D eigenvalue weighted by atomic mass is 10.1. The normalized spacial score (nSPS) is 10.7. The van der Waals surface area contributed by atoms with E-state index in [9.17, 15) is 4.79 Å². The molecule has 4 aromatic rings. The van der Waals surface area contributed by atoms with Crippen molar-refractivity contribution in [2.24, 2.45) is 0 Å². The highest BCUT2D eigenvalue weighted by Gasteiger charge is 2.17. The minimum atomic E-state index is 0.0878. The van der Waals surface area contributed by atoms with Crippen molar-refractivity contribution in [2.45, 2.75) is 32.9 Å². The second kappa shape index (κ2) is 9.90. The van der Waals surface area contributed by atoms with Gasteiger partial charge in [0.15, 0.2) is 11.7 Å². The molecule has 0 aliphatic heterocycles. The summed E-state index contributed by atoms with van der Waals surface area (Å²) in [6.45, 7) is 3.09. The SMILES string of the molecule is Cc1nc(CCC(=O)N(Cc2ccccc2)Cc2ccccc2)oc1-c1ccccc1. The number of amides is 1. The largest absolute Gasteiger partial charge is 0.440 e. The van der Waals surface area contributed by atoms with Gasteiger partial charge in [0, 0.05) is 31.5 Å². The van der Waals surface area contributed by atoms with E-state index in [-0.39, 0.29) is 5.91 Å². The number of carbonyl (C=O) groups excluding carboxylic acids is 1. The van der Waals surface area contributed by atoms with Crippen molar-refractivity contribution < 1.29 is 9.21 Å². The van der Waals surface area contributed by atoms with Crippen molar-refractivity contribution in [3.63, 3.8) is 0 Å². The summed E-state index contributed by atoms with van der Waals surface area (Å²) in [4.78, 5) is 19.6. The molecule has 0 unspecified atom stereocenters. The Kier molecular flexibility index (Phi) is 6.58. The van der Waals surface area contributed by atoms with Crippen molar-refractivity contribution in [2.75, 3.05) is 0 Å². The average Bonchev–Trinajstić information content (AvgIpc) is 3.19. The maximum absolute atomic E-state index is 13.1. The first-order chi connectivity index (χ1) is 15.2. The second-order valence-electron chi connectivity index (χ2n) is 7.61. The number of carbonyl (C=O) groups is 1. The maximum Gasteiger partial charge on any atom is 0.223 e. The average molecular weight is 411 g/mol. The van der Waals surface area contributed by atoms with Gasteiger partial charge in [0.25, 0.3) is 0 Å². The van der Waals surface area contributed by atoms with Crippen molar-refractivity contribution in [3.05, 3.63) is 114 Å². The van der Waals surface area contributed by atoms with Crippen LogP contribution in [0.1, 0.15) is 29.1 Å². The fourth-order valence-electron chi connectivity index (χ4n) is 3.63. The topological polar surface area (TPSA) is 46.3 Å². The van der Waals surface area contributed by atoms with Crippen LogP contribution < -0.4 is 0 Å². The molecule has 31 heavy (non-hydrogen) atoms. The molecule has 3 aromatic carbocycles. The lowest BCUT2D eigenvalue weighted by Crippen LogP contribution is -2.30. The van der Waals surface area contributed by atoms with Crippen LogP contribution in [0.3, 0.4) is 0 Å². The van der Waals surface area contributed by atoms with Gasteiger partial charge in [-0.2, -0.15) is 0 Å². The first kappa shape index (κ1) is 20.6.